The Morgan fingerprint density at radius 2 is 2.05 bits per heavy atom. The van der Waals surface area contributed by atoms with Crippen molar-refractivity contribution in [3.8, 4) is 0 Å². The lowest BCUT2D eigenvalue weighted by Crippen LogP contribution is -2.55. The average molecular weight is 305 g/mol. The molecule has 8 nitrogen and oxygen atoms in total. The highest BCUT2D eigenvalue weighted by Crippen LogP contribution is 2.28. The lowest BCUT2D eigenvalue weighted by atomic mass is 10.0. The Hall–Kier alpha value is -1.45. The van der Waals surface area contributed by atoms with Gasteiger partial charge in [-0.1, -0.05) is 11.6 Å². The Morgan fingerprint density at radius 3 is 2.70 bits per heavy atom. The first kappa shape index (κ1) is 14.9. The van der Waals surface area contributed by atoms with E-state index in [1.54, 1.807) is 0 Å². The number of nitrogens with zero attached hydrogens (tertiary/aromatic N) is 1. The summed E-state index contributed by atoms with van der Waals surface area (Å²) in [5.41, 5.74) is 0.0105. The summed E-state index contributed by atoms with van der Waals surface area (Å²) in [7, 11) is 0. The van der Waals surface area contributed by atoms with E-state index < -0.39 is 29.5 Å². The van der Waals surface area contributed by atoms with Gasteiger partial charge >= 0.3 is 0 Å². The summed E-state index contributed by atoms with van der Waals surface area (Å²) >= 11 is 5.68. The molecule has 20 heavy (non-hydrogen) atoms. The maximum atomic E-state index is 10.8. The van der Waals surface area contributed by atoms with Crippen LogP contribution in [0.25, 0.3) is 0 Å². The number of nitro groups is 1. The monoisotopic (exact) mass is 304 g/mol. The summed E-state index contributed by atoms with van der Waals surface area (Å²) in [6.45, 7) is -0.161. The quantitative estimate of drug-likeness (QED) is 0.461. The van der Waals surface area contributed by atoms with Crippen LogP contribution < -0.4 is 5.32 Å². The molecule has 4 N–H and O–H groups in total. The Labute approximate surface area is 118 Å². The van der Waals surface area contributed by atoms with Crippen molar-refractivity contribution in [2.24, 2.45) is 0 Å². The molecule has 110 valence electrons. The minimum atomic E-state index is -1.37. The normalized spacial score (nSPS) is 30.0. The van der Waals surface area contributed by atoms with E-state index in [1.165, 1.54) is 18.2 Å². The van der Waals surface area contributed by atoms with E-state index in [4.69, 9.17) is 16.3 Å². The number of nitrogens with one attached hydrogen (secondary N) is 1. The summed E-state index contributed by atoms with van der Waals surface area (Å²) in [4.78, 5) is 10.1. The second kappa shape index (κ2) is 5.90. The number of anilines is 1. The third-order valence-electron chi connectivity index (χ3n) is 2.95. The molecule has 1 aliphatic heterocycles. The van der Waals surface area contributed by atoms with E-state index in [0.717, 1.165) is 0 Å². The lowest BCUT2D eigenvalue weighted by Gasteiger charge is -2.35. The molecule has 0 amide bonds. The molecule has 1 saturated heterocycles. The molecule has 0 bridgehead atoms. The van der Waals surface area contributed by atoms with Gasteiger partial charge in [-0.2, -0.15) is 0 Å². The zero-order valence-electron chi connectivity index (χ0n) is 10.1. The van der Waals surface area contributed by atoms with Crippen molar-refractivity contribution >= 4 is 23.0 Å². The van der Waals surface area contributed by atoms with Gasteiger partial charge in [0.1, 0.15) is 23.3 Å². The van der Waals surface area contributed by atoms with Gasteiger partial charge in [0.25, 0.3) is 5.69 Å². The van der Waals surface area contributed by atoms with Gasteiger partial charge in [0, 0.05) is 11.8 Å². The molecule has 1 aliphatic rings. The van der Waals surface area contributed by atoms with Crippen LogP contribution in [-0.4, -0.2) is 51.4 Å². The van der Waals surface area contributed by atoms with Crippen molar-refractivity contribution in [2.45, 2.75) is 24.5 Å². The first-order valence-electron chi connectivity index (χ1n) is 5.76. The number of halogens is 1. The molecule has 0 aliphatic carbocycles. The van der Waals surface area contributed by atoms with Crippen LogP contribution in [-0.2, 0) is 4.74 Å². The standard InChI is InChI=1S/C11H13ClN2O6/c12-6-2-1-5(3-7(6)14(18)19)13-11-10(17)9(16)8(15)4-20-11/h1-3,8-11,13,15-17H,4H2/t8-,9+,10-,11+/m0/s1. The topological polar surface area (TPSA) is 125 Å². The third kappa shape index (κ3) is 3.00. The van der Waals surface area contributed by atoms with Crippen molar-refractivity contribution < 1.29 is 25.0 Å². The number of aliphatic hydroxyl groups excluding tert-OH is 3. The Balaban J connectivity index is 2.14. The number of rotatable bonds is 3. The number of aliphatic hydroxyl groups is 3. The summed E-state index contributed by atoms with van der Waals surface area (Å²) in [6.07, 6.45) is -4.89. The largest absolute Gasteiger partial charge is 0.388 e. The summed E-state index contributed by atoms with van der Waals surface area (Å²) < 4.78 is 5.13. The molecule has 2 rings (SSSR count). The van der Waals surface area contributed by atoms with Crippen molar-refractivity contribution in [3.05, 3.63) is 33.3 Å². The maximum absolute atomic E-state index is 10.8. The molecule has 4 atom stereocenters. The Bertz CT molecular complexity index is 514. The van der Waals surface area contributed by atoms with Gasteiger partial charge in [0.15, 0.2) is 6.23 Å². The fourth-order valence-corrected chi connectivity index (χ4v) is 2.03. The fourth-order valence-electron chi connectivity index (χ4n) is 1.84. The molecule has 1 aromatic rings. The molecule has 1 fully saturated rings. The SMILES string of the molecule is O=[N+]([O-])c1cc(N[C@@H]2OC[C@H](O)[C@@H](O)[C@@H]2O)ccc1Cl. The zero-order valence-corrected chi connectivity index (χ0v) is 10.9. The van der Waals surface area contributed by atoms with Crippen LogP contribution in [0.15, 0.2) is 18.2 Å². The Morgan fingerprint density at radius 1 is 1.35 bits per heavy atom. The summed E-state index contributed by atoms with van der Waals surface area (Å²) in [5.74, 6) is 0. The number of benzene rings is 1. The zero-order chi connectivity index (χ0) is 14.9. The van der Waals surface area contributed by atoms with E-state index >= 15 is 0 Å². The lowest BCUT2D eigenvalue weighted by molar-refractivity contribution is -0.384. The number of hydrogen-bond donors (Lipinski definition) is 4. The smallest absolute Gasteiger partial charge is 0.289 e. The predicted octanol–water partition coefficient (Wildman–Crippen LogP) is 0.0991. The van der Waals surface area contributed by atoms with E-state index in [-0.39, 0.29) is 17.3 Å². The van der Waals surface area contributed by atoms with Gasteiger partial charge in [0.05, 0.1) is 11.5 Å². The van der Waals surface area contributed by atoms with Crippen molar-refractivity contribution in [1.82, 2.24) is 0 Å². The van der Waals surface area contributed by atoms with Gasteiger partial charge in [-0.3, -0.25) is 10.1 Å². The molecule has 1 aromatic carbocycles. The first-order chi connectivity index (χ1) is 9.40. The third-order valence-corrected chi connectivity index (χ3v) is 3.27. The van der Waals surface area contributed by atoms with Crippen LogP contribution >= 0.6 is 11.6 Å². The molecular formula is C11H13ClN2O6. The molecule has 0 aromatic heterocycles. The van der Waals surface area contributed by atoms with Gasteiger partial charge in [-0.05, 0) is 12.1 Å². The van der Waals surface area contributed by atoms with E-state index in [2.05, 4.69) is 5.32 Å². The molecule has 0 saturated carbocycles. The predicted molar refractivity (Wildman–Crippen MR) is 69.5 cm³/mol. The average Bonchev–Trinajstić information content (AvgIpc) is 2.41. The molecular weight excluding hydrogens is 292 g/mol. The molecule has 0 radical (unpaired) electrons. The Kier molecular flexibility index (Phi) is 4.41. The van der Waals surface area contributed by atoms with Crippen LogP contribution in [0, 0.1) is 10.1 Å². The molecule has 0 spiro atoms. The molecule has 1 heterocycles. The van der Waals surface area contributed by atoms with Crippen LogP contribution in [0.1, 0.15) is 0 Å². The van der Waals surface area contributed by atoms with Gasteiger partial charge in [0.2, 0.25) is 0 Å². The highest BCUT2D eigenvalue weighted by molar-refractivity contribution is 6.32. The summed E-state index contributed by atoms with van der Waals surface area (Å²) in [6, 6.07) is 4.00. The molecule has 9 heteroatoms. The van der Waals surface area contributed by atoms with Crippen LogP contribution in [0.2, 0.25) is 5.02 Å². The van der Waals surface area contributed by atoms with Gasteiger partial charge in [-0.25, -0.2) is 0 Å². The number of ether oxygens (including phenoxy) is 1. The van der Waals surface area contributed by atoms with Crippen molar-refractivity contribution in [1.29, 1.82) is 0 Å². The van der Waals surface area contributed by atoms with E-state index in [0.29, 0.717) is 5.69 Å². The maximum Gasteiger partial charge on any atom is 0.289 e. The number of hydrogen-bond acceptors (Lipinski definition) is 7. The van der Waals surface area contributed by atoms with Crippen LogP contribution in [0.4, 0.5) is 11.4 Å². The van der Waals surface area contributed by atoms with Gasteiger partial charge < -0.3 is 25.4 Å². The highest BCUT2D eigenvalue weighted by Gasteiger charge is 2.37. The van der Waals surface area contributed by atoms with Crippen molar-refractivity contribution in [2.75, 3.05) is 11.9 Å². The minimum Gasteiger partial charge on any atom is -0.388 e. The van der Waals surface area contributed by atoms with Gasteiger partial charge in [-0.15, -0.1) is 0 Å². The van der Waals surface area contributed by atoms with Crippen molar-refractivity contribution in [3.63, 3.8) is 0 Å². The fraction of sp³-hybridized carbons (Fsp3) is 0.455. The summed E-state index contributed by atoms with van der Waals surface area (Å²) in [5, 5.41) is 42.0. The second-order valence-electron chi connectivity index (χ2n) is 4.37. The molecule has 0 unspecified atom stereocenters. The van der Waals surface area contributed by atoms with Crippen LogP contribution in [0.5, 0.6) is 0 Å². The second-order valence-corrected chi connectivity index (χ2v) is 4.78. The van der Waals surface area contributed by atoms with E-state index in [1.807, 2.05) is 0 Å². The first-order valence-corrected chi connectivity index (χ1v) is 6.14. The van der Waals surface area contributed by atoms with E-state index in [9.17, 15) is 25.4 Å². The minimum absolute atomic E-state index is 0.0129. The van der Waals surface area contributed by atoms with Crippen LogP contribution in [0.3, 0.4) is 0 Å². The highest BCUT2D eigenvalue weighted by atomic mass is 35.5. The number of nitro benzene ring substituents is 1.